The van der Waals surface area contributed by atoms with E-state index in [0.29, 0.717) is 5.89 Å². The summed E-state index contributed by atoms with van der Waals surface area (Å²) in [4.78, 5) is 7.15. The number of hydrogen-bond donors (Lipinski definition) is 0. The van der Waals surface area contributed by atoms with Gasteiger partial charge in [0.05, 0.1) is 5.69 Å². The molecule has 57 heavy (non-hydrogen) atoms. The molecule has 0 saturated carbocycles. The van der Waals surface area contributed by atoms with Crippen LogP contribution < -0.4 is 4.90 Å². The lowest BCUT2D eigenvalue weighted by atomic mass is 9.94. The Morgan fingerprint density at radius 1 is 0.368 bits per heavy atom. The van der Waals surface area contributed by atoms with Gasteiger partial charge in [0.25, 0.3) is 0 Å². The van der Waals surface area contributed by atoms with Gasteiger partial charge < -0.3 is 13.7 Å². The average molecular weight is 729 g/mol. The maximum absolute atomic E-state index is 7.05. The highest BCUT2D eigenvalue weighted by Crippen LogP contribution is 2.47. The molecule has 0 radical (unpaired) electrons. The van der Waals surface area contributed by atoms with Crippen molar-refractivity contribution in [2.45, 2.75) is 0 Å². The molecule has 0 N–H and O–H groups in total. The molecule has 0 atom stereocenters. The molecule has 0 amide bonds. The van der Waals surface area contributed by atoms with E-state index in [2.05, 4.69) is 175 Å². The fourth-order valence-electron chi connectivity index (χ4n) is 8.80. The van der Waals surface area contributed by atoms with E-state index in [0.717, 1.165) is 72.0 Å². The predicted octanol–water partition coefficient (Wildman–Crippen LogP) is 15.1. The van der Waals surface area contributed by atoms with Crippen LogP contribution in [0.1, 0.15) is 0 Å². The minimum atomic E-state index is 0.569. The number of aromatic nitrogens is 1. The van der Waals surface area contributed by atoms with E-state index in [4.69, 9.17) is 13.8 Å². The van der Waals surface area contributed by atoms with Gasteiger partial charge in [0.1, 0.15) is 11.1 Å². The predicted molar refractivity (Wildman–Crippen MR) is 237 cm³/mol. The molecule has 0 spiro atoms. The Labute approximate surface area is 327 Å². The summed E-state index contributed by atoms with van der Waals surface area (Å²) in [5.41, 5.74) is 9.42. The zero-order valence-corrected chi connectivity index (χ0v) is 30.7. The van der Waals surface area contributed by atoms with Crippen molar-refractivity contribution >= 4 is 93.2 Å². The molecule has 10 aromatic carbocycles. The number of rotatable bonds is 5. The summed E-state index contributed by atoms with van der Waals surface area (Å²) < 4.78 is 13.2. The SMILES string of the molecule is c1ccc(-c2ccc(N(c3ccc4c5ccccc5c5ccccc5c4c3)c3cc4ccccc4c4c3oc3cc(-c5nc6ccccc6o5)ccc34)cc2)cc1. The standard InChI is InChI=1S/C53H32N2O2/c1-2-12-33(13-3-1)34-22-25-37(26-23-34)55(38-27-29-44-42-18-7-6-16-40(42)41-17-8-9-19-43(41)46(44)32-38)48-30-35-14-4-5-15-39(35)51-45-28-24-36(31-50(45)56-52(48)51)53-54-47-20-10-11-21-49(47)57-53/h1-32H. The van der Waals surface area contributed by atoms with Gasteiger partial charge in [-0.1, -0.05) is 133 Å². The Hall–Kier alpha value is -7.69. The van der Waals surface area contributed by atoms with Crippen molar-refractivity contribution < 1.29 is 8.83 Å². The van der Waals surface area contributed by atoms with Crippen molar-refractivity contribution in [3.63, 3.8) is 0 Å². The number of benzene rings is 10. The third-order valence-corrected chi connectivity index (χ3v) is 11.4. The van der Waals surface area contributed by atoms with Gasteiger partial charge >= 0.3 is 0 Å². The molecule has 2 heterocycles. The summed E-state index contributed by atoms with van der Waals surface area (Å²) in [5, 5.41) is 11.8. The summed E-state index contributed by atoms with van der Waals surface area (Å²) in [6.45, 7) is 0. The summed E-state index contributed by atoms with van der Waals surface area (Å²) >= 11 is 0. The molecular formula is C53H32N2O2. The Kier molecular flexibility index (Phi) is 6.89. The Bertz CT molecular complexity index is 3460. The lowest BCUT2D eigenvalue weighted by molar-refractivity contribution is 0.619. The van der Waals surface area contributed by atoms with Crippen LogP contribution in [0, 0.1) is 0 Å². The summed E-state index contributed by atoms with van der Waals surface area (Å²) in [6.07, 6.45) is 0. The molecule has 0 unspecified atom stereocenters. The molecule has 0 aliphatic rings. The first kappa shape index (κ1) is 31.6. The minimum absolute atomic E-state index is 0.569. The van der Waals surface area contributed by atoms with Crippen LogP contribution in [0.2, 0.25) is 0 Å². The lowest BCUT2D eigenvalue weighted by Crippen LogP contribution is -2.10. The van der Waals surface area contributed by atoms with Crippen molar-refractivity contribution in [2.24, 2.45) is 0 Å². The van der Waals surface area contributed by atoms with Crippen molar-refractivity contribution in [3.05, 3.63) is 194 Å². The molecule has 0 saturated heterocycles. The zero-order valence-electron chi connectivity index (χ0n) is 30.7. The lowest BCUT2D eigenvalue weighted by Gasteiger charge is -2.27. The van der Waals surface area contributed by atoms with Crippen molar-refractivity contribution in [1.82, 2.24) is 4.98 Å². The maximum atomic E-state index is 7.05. The topological polar surface area (TPSA) is 42.4 Å². The molecule has 2 aromatic heterocycles. The third-order valence-electron chi connectivity index (χ3n) is 11.4. The highest BCUT2D eigenvalue weighted by molar-refractivity contribution is 6.26. The second-order valence-electron chi connectivity index (χ2n) is 14.7. The van der Waals surface area contributed by atoms with E-state index in [1.54, 1.807) is 0 Å². The third kappa shape index (κ3) is 4.98. The van der Waals surface area contributed by atoms with Gasteiger partial charge in [-0.25, -0.2) is 4.98 Å². The molecule has 0 aliphatic carbocycles. The molecule has 4 nitrogen and oxygen atoms in total. The molecule has 0 aliphatic heterocycles. The van der Waals surface area contributed by atoms with Crippen LogP contribution in [-0.4, -0.2) is 4.98 Å². The number of fused-ring (bicyclic) bond motifs is 12. The highest BCUT2D eigenvalue weighted by atomic mass is 16.3. The summed E-state index contributed by atoms with van der Waals surface area (Å²) in [5.74, 6) is 0.569. The van der Waals surface area contributed by atoms with Crippen molar-refractivity contribution in [3.8, 4) is 22.6 Å². The van der Waals surface area contributed by atoms with E-state index in [-0.39, 0.29) is 0 Å². The van der Waals surface area contributed by atoms with E-state index >= 15 is 0 Å². The normalized spacial score (nSPS) is 11.9. The monoisotopic (exact) mass is 728 g/mol. The number of furan rings is 1. The van der Waals surface area contributed by atoms with Gasteiger partial charge in [-0.2, -0.15) is 0 Å². The Morgan fingerprint density at radius 2 is 0.947 bits per heavy atom. The van der Waals surface area contributed by atoms with Gasteiger partial charge in [-0.05, 0) is 115 Å². The largest absolute Gasteiger partial charge is 0.454 e. The summed E-state index contributed by atoms with van der Waals surface area (Å²) in [6, 6.07) is 68.8. The number of hydrogen-bond acceptors (Lipinski definition) is 4. The highest BCUT2D eigenvalue weighted by Gasteiger charge is 2.23. The summed E-state index contributed by atoms with van der Waals surface area (Å²) in [7, 11) is 0. The number of oxazole rings is 1. The zero-order chi connectivity index (χ0) is 37.5. The molecule has 12 rings (SSSR count). The van der Waals surface area contributed by atoms with Crippen LogP contribution in [-0.2, 0) is 0 Å². The van der Waals surface area contributed by atoms with Gasteiger partial charge in [0.2, 0.25) is 5.89 Å². The fourth-order valence-corrected chi connectivity index (χ4v) is 8.80. The number of anilines is 3. The minimum Gasteiger partial charge on any atom is -0.454 e. The van der Waals surface area contributed by atoms with Crippen LogP contribution >= 0.6 is 0 Å². The quantitative estimate of drug-likeness (QED) is 0.166. The molecule has 12 aromatic rings. The van der Waals surface area contributed by atoms with E-state index < -0.39 is 0 Å². The first-order valence-electron chi connectivity index (χ1n) is 19.3. The first-order valence-corrected chi connectivity index (χ1v) is 19.3. The van der Waals surface area contributed by atoms with Crippen LogP contribution in [0.5, 0.6) is 0 Å². The van der Waals surface area contributed by atoms with E-state index in [1.807, 2.05) is 24.3 Å². The smallest absolute Gasteiger partial charge is 0.227 e. The van der Waals surface area contributed by atoms with Crippen molar-refractivity contribution in [2.75, 3.05) is 4.90 Å². The van der Waals surface area contributed by atoms with E-state index in [1.165, 1.54) is 37.9 Å². The Morgan fingerprint density at radius 3 is 1.70 bits per heavy atom. The second-order valence-corrected chi connectivity index (χ2v) is 14.7. The van der Waals surface area contributed by atoms with Gasteiger partial charge in [0, 0.05) is 27.7 Å². The van der Waals surface area contributed by atoms with Gasteiger partial charge in [-0.3, -0.25) is 0 Å². The average Bonchev–Trinajstić information content (AvgIpc) is 3.90. The van der Waals surface area contributed by atoms with Crippen LogP contribution in [0.3, 0.4) is 0 Å². The van der Waals surface area contributed by atoms with Crippen LogP contribution in [0.15, 0.2) is 203 Å². The van der Waals surface area contributed by atoms with E-state index in [9.17, 15) is 0 Å². The molecule has 0 bridgehead atoms. The second kappa shape index (κ2) is 12.4. The number of nitrogens with zero attached hydrogens (tertiary/aromatic N) is 2. The van der Waals surface area contributed by atoms with Crippen LogP contribution in [0.25, 0.3) is 98.7 Å². The molecule has 0 fully saturated rings. The molecule has 266 valence electrons. The molecular weight excluding hydrogens is 697 g/mol. The number of para-hydroxylation sites is 2. The van der Waals surface area contributed by atoms with Gasteiger partial charge in [0.15, 0.2) is 11.2 Å². The fraction of sp³-hybridized carbons (Fsp3) is 0. The van der Waals surface area contributed by atoms with Gasteiger partial charge in [-0.15, -0.1) is 0 Å². The maximum Gasteiger partial charge on any atom is 0.227 e. The Balaban J connectivity index is 1.13. The molecule has 4 heteroatoms. The van der Waals surface area contributed by atoms with Crippen LogP contribution in [0.4, 0.5) is 17.1 Å². The van der Waals surface area contributed by atoms with Crippen molar-refractivity contribution in [1.29, 1.82) is 0 Å². The first-order chi connectivity index (χ1) is 28.2.